The molecular weight excluding hydrogens is 222 g/mol. The molecule has 0 aromatic heterocycles. The van der Waals surface area contributed by atoms with E-state index >= 15 is 0 Å². The number of hydrogen-bond acceptors (Lipinski definition) is 3. The van der Waals surface area contributed by atoms with Crippen LogP contribution in [0.15, 0.2) is 35.9 Å². The van der Waals surface area contributed by atoms with Crippen LogP contribution in [0.2, 0.25) is 0 Å². The van der Waals surface area contributed by atoms with Gasteiger partial charge in [-0.25, -0.2) is 0 Å². The lowest BCUT2D eigenvalue weighted by Gasteiger charge is -2.25. The number of nitrogens with one attached hydrogen (secondary N) is 1. The topological polar surface area (TPSA) is 59.6 Å². The maximum atomic E-state index is 9.14. The predicted octanol–water partition coefficient (Wildman–Crippen LogP) is 2.49. The number of benzene rings is 1. The molecule has 0 bridgehead atoms. The van der Waals surface area contributed by atoms with E-state index in [9.17, 15) is 0 Å². The third-order valence-corrected chi connectivity index (χ3v) is 3.33. The molecule has 0 radical (unpaired) electrons. The molecule has 0 unspecified atom stereocenters. The zero-order valence-corrected chi connectivity index (χ0v) is 10.2. The van der Waals surface area contributed by atoms with E-state index in [1.165, 1.54) is 0 Å². The summed E-state index contributed by atoms with van der Waals surface area (Å²) < 4.78 is 0. The fraction of sp³-hybridized carbons (Fsp3) is 0.333. The Morgan fingerprint density at radius 3 is 2.22 bits per heavy atom. The first-order valence-electron chi connectivity index (χ1n) is 6.17. The molecule has 2 rings (SSSR count). The van der Waals surface area contributed by atoms with Gasteiger partial charge in [0.25, 0.3) is 0 Å². The van der Waals surface area contributed by atoms with Crippen LogP contribution in [0.4, 0.5) is 0 Å². The van der Waals surface area contributed by atoms with Crippen LogP contribution in [0.1, 0.15) is 18.4 Å². The second-order valence-corrected chi connectivity index (χ2v) is 4.40. The van der Waals surface area contributed by atoms with E-state index in [1.54, 1.807) is 0 Å². The first-order chi connectivity index (χ1) is 8.86. The van der Waals surface area contributed by atoms with Gasteiger partial charge in [-0.2, -0.15) is 10.5 Å². The first kappa shape index (κ1) is 12.4. The molecule has 0 aliphatic carbocycles. The minimum Gasteiger partial charge on any atom is -0.317 e. The molecule has 3 nitrogen and oxygen atoms in total. The summed E-state index contributed by atoms with van der Waals surface area (Å²) in [7, 11) is 0. The molecule has 0 atom stereocenters. The molecule has 0 saturated carbocycles. The van der Waals surface area contributed by atoms with Crippen molar-refractivity contribution in [2.75, 3.05) is 13.1 Å². The third kappa shape index (κ3) is 2.59. The number of rotatable bonds is 2. The van der Waals surface area contributed by atoms with Gasteiger partial charge >= 0.3 is 0 Å². The molecule has 18 heavy (non-hydrogen) atoms. The van der Waals surface area contributed by atoms with E-state index in [4.69, 9.17) is 10.5 Å². The molecule has 1 saturated heterocycles. The molecule has 1 fully saturated rings. The third-order valence-electron chi connectivity index (χ3n) is 3.33. The molecule has 1 aromatic rings. The quantitative estimate of drug-likeness (QED) is 0.804. The summed E-state index contributed by atoms with van der Waals surface area (Å²) in [6, 6.07) is 13.9. The van der Waals surface area contributed by atoms with Crippen molar-refractivity contribution in [3.8, 4) is 12.1 Å². The van der Waals surface area contributed by atoms with E-state index in [-0.39, 0.29) is 5.57 Å². The van der Waals surface area contributed by atoms with Gasteiger partial charge in [-0.15, -0.1) is 0 Å². The lowest BCUT2D eigenvalue weighted by atomic mass is 9.83. The van der Waals surface area contributed by atoms with Gasteiger partial charge in [-0.3, -0.25) is 0 Å². The summed E-state index contributed by atoms with van der Waals surface area (Å²) in [5.41, 5.74) is 2.18. The highest BCUT2D eigenvalue weighted by atomic mass is 14.9. The fourth-order valence-electron chi connectivity index (χ4n) is 2.46. The largest absolute Gasteiger partial charge is 0.317 e. The lowest BCUT2D eigenvalue weighted by molar-refractivity contribution is 0.446. The molecular formula is C15H15N3. The Labute approximate surface area is 107 Å². The Morgan fingerprint density at radius 1 is 1.06 bits per heavy atom. The molecule has 1 N–H and O–H groups in total. The van der Waals surface area contributed by atoms with Crippen LogP contribution in [0.3, 0.4) is 0 Å². The van der Waals surface area contributed by atoms with Crippen molar-refractivity contribution in [1.82, 2.24) is 5.32 Å². The van der Waals surface area contributed by atoms with E-state index in [0.717, 1.165) is 37.1 Å². The highest BCUT2D eigenvalue weighted by Crippen LogP contribution is 2.32. The molecule has 1 aliphatic rings. The SMILES string of the molecule is N#CC(C#N)=C(c1ccccc1)C1CCNCC1. The maximum absolute atomic E-state index is 9.14. The van der Waals surface area contributed by atoms with Crippen molar-refractivity contribution in [1.29, 1.82) is 10.5 Å². The van der Waals surface area contributed by atoms with Crippen molar-refractivity contribution in [2.45, 2.75) is 12.8 Å². The Hall–Kier alpha value is -2.10. The Bertz CT molecular complexity index is 495. The van der Waals surface area contributed by atoms with Gasteiger partial charge < -0.3 is 5.32 Å². The van der Waals surface area contributed by atoms with Gasteiger partial charge in [0.2, 0.25) is 0 Å². The van der Waals surface area contributed by atoms with E-state index < -0.39 is 0 Å². The van der Waals surface area contributed by atoms with Crippen LogP contribution in [0, 0.1) is 28.6 Å². The van der Waals surface area contributed by atoms with E-state index in [1.807, 2.05) is 42.5 Å². The molecule has 90 valence electrons. The fourth-order valence-corrected chi connectivity index (χ4v) is 2.46. The minimum absolute atomic E-state index is 0.258. The number of piperidine rings is 1. The molecule has 3 heteroatoms. The Morgan fingerprint density at radius 2 is 1.67 bits per heavy atom. The second kappa shape index (κ2) is 6.00. The first-order valence-corrected chi connectivity index (χ1v) is 6.17. The normalized spacial score (nSPS) is 15.4. The monoisotopic (exact) mass is 237 g/mol. The van der Waals surface area contributed by atoms with Crippen LogP contribution < -0.4 is 5.32 Å². The van der Waals surface area contributed by atoms with Crippen molar-refractivity contribution in [2.24, 2.45) is 5.92 Å². The van der Waals surface area contributed by atoms with Gasteiger partial charge in [0, 0.05) is 0 Å². The van der Waals surface area contributed by atoms with Crippen molar-refractivity contribution < 1.29 is 0 Å². The summed E-state index contributed by atoms with van der Waals surface area (Å²) in [6.07, 6.45) is 1.97. The van der Waals surface area contributed by atoms with Crippen molar-refractivity contribution in [3.63, 3.8) is 0 Å². The van der Waals surface area contributed by atoms with Gasteiger partial charge in [0.05, 0.1) is 0 Å². The maximum Gasteiger partial charge on any atom is 0.133 e. The second-order valence-electron chi connectivity index (χ2n) is 4.40. The van der Waals surface area contributed by atoms with E-state index in [2.05, 4.69) is 5.32 Å². The van der Waals surface area contributed by atoms with E-state index in [0.29, 0.717) is 5.92 Å². The highest BCUT2D eigenvalue weighted by Gasteiger charge is 2.22. The summed E-state index contributed by atoms with van der Waals surface area (Å²) in [5.74, 6) is 0.308. The van der Waals surface area contributed by atoms with Crippen LogP contribution in [-0.4, -0.2) is 13.1 Å². The molecule has 1 heterocycles. The number of hydrogen-bond donors (Lipinski definition) is 1. The Kier molecular flexibility index (Phi) is 4.12. The van der Waals surface area contributed by atoms with Gasteiger partial charge in [0.15, 0.2) is 0 Å². The summed E-state index contributed by atoms with van der Waals surface area (Å²) in [6.45, 7) is 1.90. The lowest BCUT2D eigenvalue weighted by Crippen LogP contribution is -2.28. The standard InChI is InChI=1S/C15H15N3/c16-10-14(11-17)15(12-4-2-1-3-5-12)13-6-8-18-9-7-13/h1-5,13,18H,6-9H2. The van der Waals surface area contributed by atoms with Crippen molar-refractivity contribution >= 4 is 5.57 Å². The average Bonchev–Trinajstić information content (AvgIpc) is 2.46. The minimum atomic E-state index is 0.258. The zero-order valence-electron chi connectivity index (χ0n) is 10.2. The molecule has 0 spiro atoms. The summed E-state index contributed by atoms with van der Waals surface area (Å²) in [5, 5.41) is 21.6. The molecule has 1 aromatic carbocycles. The molecule has 0 amide bonds. The predicted molar refractivity (Wildman–Crippen MR) is 70.2 cm³/mol. The summed E-state index contributed by atoms with van der Waals surface area (Å²) in [4.78, 5) is 0. The molecule has 1 aliphatic heterocycles. The van der Waals surface area contributed by atoms with Gasteiger partial charge in [-0.1, -0.05) is 30.3 Å². The van der Waals surface area contributed by atoms with Crippen LogP contribution >= 0.6 is 0 Å². The Balaban J connectivity index is 2.45. The average molecular weight is 237 g/mol. The van der Waals surface area contributed by atoms with Crippen molar-refractivity contribution in [3.05, 3.63) is 41.5 Å². The number of nitriles is 2. The number of nitrogens with zero attached hydrogens (tertiary/aromatic N) is 2. The summed E-state index contributed by atoms with van der Waals surface area (Å²) >= 11 is 0. The highest BCUT2D eigenvalue weighted by molar-refractivity contribution is 5.76. The zero-order chi connectivity index (χ0) is 12.8. The van der Waals surface area contributed by atoms with Gasteiger partial charge in [0.1, 0.15) is 17.7 Å². The van der Waals surface area contributed by atoms with Crippen LogP contribution in [0.25, 0.3) is 5.57 Å². The smallest absolute Gasteiger partial charge is 0.133 e. The van der Waals surface area contributed by atoms with Gasteiger partial charge in [-0.05, 0) is 43.0 Å². The van der Waals surface area contributed by atoms with Crippen LogP contribution in [0.5, 0.6) is 0 Å². The van der Waals surface area contributed by atoms with Crippen LogP contribution in [-0.2, 0) is 0 Å². The number of allylic oxidation sites excluding steroid dienone is 2.